The van der Waals surface area contributed by atoms with Crippen LogP contribution in [0.3, 0.4) is 0 Å². The molecule has 0 aromatic heterocycles. The lowest BCUT2D eigenvalue weighted by atomic mass is 9.95. The van der Waals surface area contributed by atoms with Crippen LogP contribution in [0.15, 0.2) is 25.3 Å². The highest BCUT2D eigenvalue weighted by atomic mass is 16.5. The molecule has 1 fully saturated rings. The van der Waals surface area contributed by atoms with Crippen LogP contribution in [0.5, 0.6) is 0 Å². The summed E-state index contributed by atoms with van der Waals surface area (Å²) in [4.78, 5) is 13.8. The van der Waals surface area contributed by atoms with Crippen LogP contribution in [-0.2, 0) is 9.53 Å². The molecule has 0 aromatic carbocycles. The van der Waals surface area contributed by atoms with E-state index in [2.05, 4.69) is 13.2 Å². The smallest absolute Gasteiger partial charge is 0.223 e. The van der Waals surface area contributed by atoms with Crippen molar-refractivity contribution in [2.75, 3.05) is 26.3 Å². The molecule has 3 heteroatoms. The summed E-state index contributed by atoms with van der Waals surface area (Å²) in [6.45, 7) is 10.3. The van der Waals surface area contributed by atoms with E-state index in [1.807, 2.05) is 0 Å². The van der Waals surface area contributed by atoms with Gasteiger partial charge in [-0.3, -0.25) is 4.79 Å². The Morgan fingerprint density at radius 2 is 1.82 bits per heavy atom. The first kappa shape index (κ1) is 14.0. The summed E-state index contributed by atoms with van der Waals surface area (Å²) in [6, 6.07) is 0. The maximum Gasteiger partial charge on any atom is 0.223 e. The summed E-state index contributed by atoms with van der Waals surface area (Å²) in [5.41, 5.74) is 0. The molecule has 0 atom stereocenters. The maximum atomic E-state index is 12.0. The normalized spacial score (nSPS) is 16.5. The fraction of sp³-hybridized carbons (Fsp3) is 0.643. The zero-order chi connectivity index (χ0) is 12.5. The molecule has 1 aliphatic heterocycles. The molecular formula is C14H23NO2. The van der Waals surface area contributed by atoms with E-state index in [4.69, 9.17) is 4.74 Å². The third-order valence-corrected chi connectivity index (χ3v) is 3.16. The Labute approximate surface area is 104 Å². The van der Waals surface area contributed by atoms with Crippen molar-refractivity contribution >= 4 is 5.91 Å². The van der Waals surface area contributed by atoms with E-state index < -0.39 is 0 Å². The van der Waals surface area contributed by atoms with E-state index in [0.29, 0.717) is 25.4 Å². The largest absolute Gasteiger partial charge is 0.381 e. The zero-order valence-electron chi connectivity index (χ0n) is 10.6. The lowest BCUT2D eigenvalue weighted by Gasteiger charge is -2.24. The molecule has 1 aliphatic rings. The Morgan fingerprint density at radius 3 is 2.35 bits per heavy atom. The number of hydrogen-bond acceptors (Lipinski definition) is 2. The number of amides is 1. The molecular weight excluding hydrogens is 214 g/mol. The van der Waals surface area contributed by atoms with Gasteiger partial charge in [-0.1, -0.05) is 12.2 Å². The highest BCUT2D eigenvalue weighted by Gasteiger charge is 2.17. The molecule has 0 bridgehead atoms. The van der Waals surface area contributed by atoms with Crippen LogP contribution < -0.4 is 0 Å². The summed E-state index contributed by atoms with van der Waals surface area (Å²) >= 11 is 0. The van der Waals surface area contributed by atoms with Gasteiger partial charge in [0.1, 0.15) is 0 Å². The van der Waals surface area contributed by atoms with E-state index in [0.717, 1.165) is 32.5 Å². The van der Waals surface area contributed by atoms with Crippen LogP contribution in [0.1, 0.15) is 25.7 Å². The molecule has 3 nitrogen and oxygen atoms in total. The molecule has 0 radical (unpaired) electrons. The number of ether oxygens (including phenoxy) is 1. The molecule has 0 aromatic rings. The Bertz CT molecular complexity index is 247. The molecule has 0 spiro atoms. The minimum absolute atomic E-state index is 0.205. The molecule has 1 saturated heterocycles. The molecule has 0 N–H and O–H groups in total. The van der Waals surface area contributed by atoms with Gasteiger partial charge in [-0.25, -0.2) is 0 Å². The van der Waals surface area contributed by atoms with Crippen LogP contribution in [0.2, 0.25) is 0 Å². The van der Waals surface area contributed by atoms with Gasteiger partial charge in [-0.05, 0) is 25.2 Å². The third-order valence-electron chi connectivity index (χ3n) is 3.16. The van der Waals surface area contributed by atoms with Crippen molar-refractivity contribution in [2.45, 2.75) is 25.7 Å². The number of hydrogen-bond donors (Lipinski definition) is 0. The van der Waals surface area contributed by atoms with Gasteiger partial charge in [0.25, 0.3) is 0 Å². The SMILES string of the molecule is C=CCN(CC=C)C(=O)CCC1CCOCC1. The number of carbonyl (C=O) groups excluding carboxylic acids is 1. The van der Waals surface area contributed by atoms with E-state index in [1.54, 1.807) is 17.1 Å². The van der Waals surface area contributed by atoms with E-state index in [9.17, 15) is 4.79 Å². The predicted molar refractivity (Wildman–Crippen MR) is 69.8 cm³/mol. The van der Waals surface area contributed by atoms with Crippen molar-refractivity contribution in [2.24, 2.45) is 5.92 Å². The summed E-state index contributed by atoms with van der Waals surface area (Å²) in [5, 5.41) is 0. The van der Waals surface area contributed by atoms with Gasteiger partial charge in [-0.2, -0.15) is 0 Å². The minimum atomic E-state index is 0.205. The van der Waals surface area contributed by atoms with Crippen LogP contribution in [0, 0.1) is 5.92 Å². The van der Waals surface area contributed by atoms with Crippen LogP contribution in [0.4, 0.5) is 0 Å². The summed E-state index contributed by atoms with van der Waals surface area (Å²) < 4.78 is 5.31. The van der Waals surface area contributed by atoms with Crippen molar-refractivity contribution in [3.05, 3.63) is 25.3 Å². The number of rotatable bonds is 7. The fourth-order valence-electron chi connectivity index (χ4n) is 2.11. The van der Waals surface area contributed by atoms with E-state index in [-0.39, 0.29) is 5.91 Å². The first-order valence-corrected chi connectivity index (χ1v) is 6.35. The Kier molecular flexibility index (Phi) is 6.63. The fourth-order valence-corrected chi connectivity index (χ4v) is 2.11. The molecule has 0 saturated carbocycles. The first-order chi connectivity index (χ1) is 8.27. The summed E-state index contributed by atoms with van der Waals surface area (Å²) in [7, 11) is 0. The molecule has 0 aliphatic carbocycles. The van der Waals surface area contributed by atoms with Crippen LogP contribution >= 0.6 is 0 Å². The minimum Gasteiger partial charge on any atom is -0.381 e. The third kappa shape index (κ3) is 5.18. The summed E-state index contributed by atoms with van der Waals surface area (Å²) in [6.07, 6.45) is 7.32. The highest BCUT2D eigenvalue weighted by molar-refractivity contribution is 5.76. The second-order valence-corrected chi connectivity index (χ2v) is 4.47. The van der Waals surface area contributed by atoms with Gasteiger partial charge in [0.05, 0.1) is 0 Å². The maximum absolute atomic E-state index is 12.0. The average Bonchev–Trinajstić information content (AvgIpc) is 2.37. The molecule has 1 amide bonds. The van der Waals surface area contributed by atoms with Crippen molar-refractivity contribution in [3.8, 4) is 0 Å². The predicted octanol–water partition coefficient (Wildman–Crippen LogP) is 2.39. The monoisotopic (exact) mass is 237 g/mol. The lowest BCUT2D eigenvalue weighted by molar-refractivity contribution is -0.130. The van der Waals surface area contributed by atoms with Crippen molar-refractivity contribution < 1.29 is 9.53 Å². The van der Waals surface area contributed by atoms with Crippen molar-refractivity contribution in [1.82, 2.24) is 4.90 Å². The van der Waals surface area contributed by atoms with Gasteiger partial charge in [0.2, 0.25) is 5.91 Å². The molecule has 17 heavy (non-hydrogen) atoms. The van der Waals surface area contributed by atoms with Gasteiger partial charge in [0, 0.05) is 32.7 Å². The van der Waals surface area contributed by atoms with Gasteiger partial charge in [0.15, 0.2) is 0 Å². The van der Waals surface area contributed by atoms with Gasteiger partial charge < -0.3 is 9.64 Å². The zero-order valence-corrected chi connectivity index (χ0v) is 10.6. The Hall–Kier alpha value is -1.09. The van der Waals surface area contributed by atoms with Crippen LogP contribution in [0.25, 0.3) is 0 Å². The molecule has 0 unspecified atom stereocenters. The van der Waals surface area contributed by atoms with Gasteiger partial charge in [-0.15, -0.1) is 13.2 Å². The molecule has 1 heterocycles. The highest BCUT2D eigenvalue weighted by Crippen LogP contribution is 2.20. The first-order valence-electron chi connectivity index (χ1n) is 6.35. The second kappa shape index (κ2) is 8.07. The van der Waals surface area contributed by atoms with E-state index in [1.165, 1.54) is 0 Å². The van der Waals surface area contributed by atoms with Crippen LogP contribution in [-0.4, -0.2) is 37.1 Å². The van der Waals surface area contributed by atoms with Gasteiger partial charge >= 0.3 is 0 Å². The summed E-state index contributed by atoms with van der Waals surface area (Å²) in [5.74, 6) is 0.860. The lowest BCUT2D eigenvalue weighted by Crippen LogP contribution is -2.31. The van der Waals surface area contributed by atoms with E-state index >= 15 is 0 Å². The topological polar surface area (TPSA) is 29.5 Å². The molecule has 96 valence electrons. The molecule has 1 rings (SSSR count). The van der Waals surface area contributed by atoms with Crippen molar-refractivity contribution in [1.29, 1.82) is 0 Å². The Balaban J connectivity index is 2.29. The number of carbonyl (C=O) groups is 1. The quantitative estimate of drug-likeness (QED) is 0.636. The second-order valence-electron chi connectivity index (χ2n) is 4.47. The van der Waals surface area contributed by atoms with Crippen molar-refractivity contribution in [3.63, 3.8) is 0 Å². The standard InChI is InChI=1S/C14H23NO2/c1-3-9-15(10-4-2)14(16)6-5-13-7-11-17-12-8-13/h3-4,13H,1-2,5-12H2. The Morgan fingerprint density at radius 1 is 1.24 bits per heavy atom. The average molecular weight is 237 g/mol. The number of nitrogens with zero attached hydrogens (tertiary/aromatic N) is 1.